The Morgan fingerprint density at radius 3 is 2.74 bits per heavy atom. The van der Waals surface area contributed by atoms with Crippen molar-refractivity contribution in [2.24, 2.45) is 0 Å². The first kappa shape index (κ1) is 18.1. The van der Waals surface area contributed by atoms with Crippen molar-refractivity contribution in [1.82, 2.24) is 0 Å². The van der Waals surface area contributed by atoms with E-state index in [1.165, 1.54) is 5.56 Å². The summed E-state index contributed by atoms with van der Waals surface area (Å²) in [6.07, 6.45) is 2.78. The summed E-state index contributed by atoms with van der Waals surface area (Å²) in [4.78, 5) is 11.7. The summed E-state index contributed by atoms with van der Waals surface area (Å²) in [6.45, 7) is 4.62. The van der Waals surface area contributed by atoms with Crippen molar-refractivity contribution in [2.45, 2.75) is 26.9 Å². The molecule has 0 atom stereocenters. The van der Waals surface area contributed by atoms with Gasteiger partial charge in [-0.25, -0.2) is 0 Å². The Morgan fingerprint density at radius 2 is 2.09 bits per heavy atom. The number of amides is 1. The number of anilines is 1. The van der Waals surface area contributed by atoms with Gasteiger partial charge in [0, 0.05) is 14.8 Å². The molecule has 1 N–H and O–H groups in total. The van der Waals surface area contributed by atoms with Gasteiger partial charge < -0.3 is 10.1 Å². The molecule has 3 nitrogen and oxygen atoms in total. The van der Waals surface area contributed by atoms with Crippen LogP contribution in [0.1, 0.15) is 23.6 Å². The van der Waals surface area contributed by atoms with Gasteiger partial charge in [-0.15, -0.1) is 0 Å². The molecule has 0 radical (unpaired) electrons. The zero-order chi connectivity index (χ0) is 16.8. The molecule has 0 aliphatic heterocycles. The lowest BCUT2D eigenvalue weighted by Crippen LogP contribution is -2.09. The van der Waals surface area contributed by atoms with Gasteiger partial charge in [0.2, 0.25) is 0 Å². The molecule has 0 aliphatic carbocycles. The van der Waals surface area contributed by atoms with Crippen LogP contribution in [0, 0.1) is 10.5 Å². The molecule has 122 valence electrons. The largest absolute Gasteiger partial charge is 0.489 e. The van der Waals surface area contributed by atoms with Crippen LogP contribution in [0.2, 0.25) is 0 Å². The first-order valence-corrected chi connectivity index (χ1v) is 9.70. The molecule has 0 unspecified atom stereocenters. The highest BCUT2D eigenvalue weighted by Gasteiger charge is 2.11. The third kappa shape index (κ3) is 4.88. The van der Waals surface area contributed by atoms with Crippen LogP contribution in [-0.2, 0) is 13.0 Å². The highest BCUT2D eigenvalue weighted by atomic mass is 127. The molecule has 23 heavy (non-hydrogen) atoms. The summed E-state index contributed by atoms with van der Waals surface area (Å²) in [7, 11) is 0. The Kier molecular flexibility index (Phi) is 6.77. The minimum absolute atomic E-state index is 0.0725. The second-order valence-electron chi connectivity index (χ2n) is 5.12. The van der Waals surface area contributed by atoms with E-state index in [0.717, 1.165) is 44.3 Å². The average Bonchev–Trinajstić information content (AvgIpc) is 2.55. The van der Waals surface area contributed by atoms with Crippen LogP contribution in [0.4, 0.5) is 10.5 Å². The molecule has 0 aliphatic rings. The van der Waals surface area contributed by atoms with Gasteiger partial charge in [-0.2, -0.15) is 0 Å². The van der Waals surface area contributed by atoms with Crippen LogP contribution in [0.5, 0.6) is 5.75 Å². The number of rotatable bonds is 5. The summed E-state index contributed by atoms with van der Waals surface area (Å²) in [5, 5.41) is 2.84. The van der Waals surface area contributed by atoms with E-state index >= 15 is 0 Å². The molecular formula is C18H20INO2S. The third-order valence-corrected chi connectivity index (χ3v) is 5.04. The van der Waals surface area contributed by atoms with Gasteiger partial charge in [-0.05, 0) is 71.5 Å². The molecule has 0 saturated heterocycles. The van der Waals surface area contributed by atoms with Crippen LogP contribution in [0.25, 0.3) is 0 Å². The normalized spacial score (nSPS) is 10.4. The van der Waals surface area contributed by atoms with Crippen LogP contribution in [0.15, 0.2) is 36.4 Å². The van der Waals surface area contributed by atoms with Gasteiger partial charge in [0.1, 0.15) is 12.4 Å². The number of nitrogens with one attached hydrogen (secondary N) is 1. The second kappa shape index (κ2) is 8.59. The van der Waals surface area contributed by atoms with E-state index < -0.39 is 0 Å². The third-order valence-electron chi connectivity index (χ3n) is 3.56. The quantitative estimate of drug-likeness (QED) is 0.611. The maximum absolute atomic E-state index is 11.7. The molecule has 0 aromatic heterocycles. The molecule has 2 rings (SSSR count). The highest BCUT2D eigenvalue weighted by molar-refractivity contribution is 14.1. The monoisotopic (exact) mass is 441 g/mol. The van der Waals surface area contributed by atoms with E-state index in [4.69, 9.17) is 4.74 Å². The zero-order valence-corrected chi connectivity index (χ0v) is 16.5. The van der Waals surface area contributed by atoms with Crippen molar-refractivity contribution in [3.63, 3.8) is 0 Å². The number of benzene rings is 2. The number of aryl methyl sites for hydroxylation is 2. The van der Waals surface area contributed by atoms with E-state index in [1.54, 1.807) is 6.26 Å². The first-order valence-electron chi connectivity index (χ1n) is 7.39. The molecule has 5 heteroatoms. The van der Waals surface area contributed by atoms with Crippen molar-refractivity contribution < 1.29 is 9.53 Å². The summed E-state index contributed by atoms with van der Waals surface area (Å²) in [5.74, 6) is 0.879. The summed E-state index contributed by atoms with van der Waals surface area (Å²) < 4.78 is 7.07. The molecule has 2 aromatic rings. The van der Waals surface area contributed by atoms with E-state index in [1.807, 2.05) is 24.3 Å². The number of hydrogen-bond acceptors (Lipinski definition) is 3. The van der Waals surface area contributed by atoms with Crippen molar-refractivity contribution in [1.29, 1.82) is 0 Å². The fraction of sp³-hybridized carbons (Fsp3) is 0.278. The van der Waals surface area contributed by atoms with Gasteiger partial charge >= 0.3 is 0 Å². The molecule has 0 heterocycles. The Morgan fingerprint density at radius 1 is 1.30 bits per heavy atom. The number of carbonyl (C=O) groups excluding carboxylic acids is 1. The fourth-order valence-corrected chi connectivity index (χ4v) is 3.09. The highest BCUT2D eigenvalue weighted by Crippen LogP contribution is 2.26. The van der Waals surface area contributed by atoms with Crippen LogP contribution < -0.4 is 10.1 Å². The standard InChI is InChI=1S/C18H20INO2S/c1-4-13-8-9-17(12(2)10-13)22-11-14-15(19)6-5-7-16(14)20-18(21)23-3/h5-10H,4,11H2,1-3H3,(H,20,21). The zero-order valence-electron chi connectivity index (χ0n) is 13.5. The lowest BCUT2D eigenvalue weighted by molar-refractivity contribution is 0.269. The van der Waals surface area contributed by atoms with Crippen LogP contribution >= 0.6 is 34.4 Å². The molecule has 2 aromatic carbocycles. The van der Waals surface area contributed by atoms with Crippen molar-refractivity contribution in [3.05, 3.63) is 56.7 Å². The smallest absolute Gasteiger partial charge is 0.283 e. The Balaban J connectivity index is 2.18. The average molecular weight is 441 g/mol. The molecule has 0 spiro atoms. The van der Waals surface area contributed by atoms with Gasteiger partial charge in [0.15, 0.2) is 0 Å². The van der Waals surface area contributed by atoms with E-state index in [-0.39, 0.29) is 5.24 Å². The Bertz CT molecular complexity index is 703. The van der Waals surface area contributed by atoms with E-state index in [0.29, 0.717) is 6.61 Å². The Hall–Kier alpha value is -1.21. The fourth-order valence-electron chi connectivity index (χ4n) is 2.23. The van der Waals surface area contributed by atoms with Gasteiger partial charge in [-0.1, -0.05) is 36.9 Å². The topological polar surface area (TPSA) is 38.3 Å². The van der Waals surface area contributed by atoms with E-state index in [2.05, 4.69) is 53.9 Å². The van der Waals surface area contributed by atoms with Crippen LogP contribution in [-0.4, -0.2) is 11.5 Å². The summed E-state index contributed by atoms with van der Waals surface area (Å²) in [5.41, 5.74) is 4.23. The molecule has 0 bridgehead atoms. The van der Waals surface area contributed by atoms with Gasteiger partial charge in [0.05, 0.1) is 0 Å². The minimum atomic E-state index is -0.0725. The number of halogens is 1. The van der Waals surface area contributed by atoms with Gasteiger partial charge in [-0.3, -0.25) is 4.79 Å². The molecule has 0 fully saturated rings. The summed E-state index contributed by atoms with van der Waals surface area (Å²) in [6, 6.07) is 12.1. The maximum Gasteiger partial charge on any atom is 0.283 e. The number of hydrogen-bond donors (Lipinski definition) is 1. The van der Waals surface area contributed by atoms with E-state index in [9.17, 15) is 4.79 Å². The minimum Gasteiger partial charge on any atom is -0.489 e. The number of ether oxygens (including phenoxy) is 1. The van der Waals surface area contributed by atoms with Crippen molar-refractivity contribution in [2.75, 3.05) is 11.6 Å². The predicted octanol–water partition coefficient (Wildman–Crippen LogP) is 5.64. The Labute approximate surface area is 155 Å². The number of carbonyl (C=O) groups is 1. The van der Waals surface area contributed by atoms with Crippen molar-refractivity contribution >= 4 is 45.3 Å². The van der Waals surface area contributed by atoms with Gasteiger partial charge in [0.25, 0.3) is 5.24 Å². The molecular weight excluding hydrogens is 421 g/mol. The predicted molar refractivity (Wildman–Crippen MR) is 107 cm³/mol. The maximum atomic E-state index is 11.7. The lowest BCUT2D eigenvalue weighted by Gasteiger charge is -2.15. The molecule has 1 amide bonds. The molecule has 0 saturated carbocycles. The van der Waals surface area contributed by atoms with Crippen molar-refractivity contribution in [3.8, 4) is 5.75 Å². The lowest BCUT2D eigenvalue weighted by atomic mass is 10.1. The second-order valence-corrected chi connectivity index (χ2v) is 7.07. The SMILES string of the molecule is CCc1ccc(OCc2c(I)cccc2NC(=O)SC)c(C)c1. The summed E-state index contributed by atoms with van der Waals surface area (Å²) >= 11 is 3.43. The van der Waals surface area contributed by atoms with Crippen LogP contribution in [0.3, 0.4) is 0 Å². The number of thioether (sulfide) groups is 1. The first-order chi connectivity index (χ1) is 11.0.